The smallest absolute Gasteiger partial charge is 0.255 e. The monoisotopic (exact) mass is 277 g/mol. The Labute approximate surface area is 119 Å². The van der Waals surface area contributed by atoms with E-state index in [-0.39, 0.29) is 5.56 Å². The predicted molar refractivity (Wildman–Crippen MR) is 76.3 cm³/mol. The maximum atomic E-state index is 12.2. The summed E-state index contributed by atoms with van der Waals surface area (Å²) in [6.07, 6.45) is 4.13. The molecule has 2 heterocycles. The zero-order chi connectivity index (χ0) is 14.2. The van der Waals surface area contributed by atoms with Crippen molar-refractivity contribution < 1.29 is 4.74 Å². The van der Waals surface area contributed by atoms with Gasteiger partial charge in [0.05, 0.1) is 11.3 Å². The maximum absolute atomic E-state index is 12.2. The fraction of sp³-hybridized carbons (Fsp3) is 0.733. The lowest BCUT2D eigenvalue weighted by Gasteiger charge is -2.38. The molecule has 0 saturated heterocycles. The van der Waals surface area contributed by atoms with Gasteiger partial charge >= 0.3 is 0 Å². The van der Waals surface area contributed by atoms with Crippen molar-refractivity contribution in [2.24, 2.45) is 5.92 Å². The number of ether oxygens (including phenoxy) is 1. The molecule has 110 valence electrons. The van der Waals surface area contributed by atoms with Gasteiger partial charge in [-0.05, 0) is 38.5 Å². The number of nitrogens with zero attached hydrogens (tertiary/aromatic N) is 1. The lowest BCUT2D eigenvalue weighted by molar-refractivity contribution is -0.0839. The summed E-state index contributed by atoms with van der Waals surface area (Å²) in [5, 5.41) is 3.19. The Bertz CT molecular complexity index is 545. The molecule has 3 rings (SSSR count). The molecule has 0 aromatic carbocycles. The third-order valence-electron chi connectivity index (χ3n) is 4.63. The van der Waals surface area contributed by atoms with Crippen LogP contribution in [0.2, 0.25) is 0 Å². The standard InChI is InChI=1S/C15H23N3O2/c1-3-20-15(6-4-10(2)5-7-15)14-17-12-9-16-8-11(12)13(19)18-14/h10,16H,3-9H2,1-2H3,(H,17,18,19). The second-order valence-corrected chi connectivity index (χ2v) is 6.05. The van der Waals surface area contributed by atoms with Gasteiger partial charge in [0.15, 0.2) is 0 Å². The van der Waals surface area contributed by atoms with Crippen LogP contribution < -0.4 is 10.9 Å². The first-order valence-electron chi connectivity index (χ1n) is 7.62. The first kappa shape index (κ1) is 13.8. The molecule has 20 heavy (non-hydrogen) atoms. The summed E-state index contributed by atoms with van der Waals surface area (Å²) in [6, 6.07) is 0. The van der Waals surface area contributed by atoms with Gasteiger partial charge in [-0.3, -0.25) is 4.79 Å². The van der Waals surface area contributed by atoms with Gasteiger partial charge in [-0.1, -0.05) is 6.92 Å². The number of hydrogen-bond donors (Lipinski definition) is 2. The second-order valence-electron chi connectivity index (χ2n) is 6.05. The summed E-state index contributed by atoms with van der Waals surface area (Å²) >= 11 is 0. The Hall–Kier alpha value is -1.20. The molecule has 0 radical (unpaired) electrons. The van der Waals surface area contributed by atoms with Gasteiger partial charge in [0.1, 0.15) is 11.4 Å². The highest BCUT2D eigenvalue weighted by Gasteiger charge is 2.39. The Morgan fingerprint density at radius 3 is 2.80 bits per heavy atom. The molecule has 2 N–H and O–H groups in total. The summed E-state index contributed by atoms with van der Waals surface area (Å²) in [4.78, 5) is 19.9. The largest absolute Gasteiger partial charge is 0.367 e. The summed E-state index contributed by atoms with van der Waals surface area (Å²) < 4.78 is 6.07. The van der Waals surface area contributed by atoms with Gasteiger partial charge < -0.3 is 15.0 Å². The Morgan fingerprint density at radius 2 is 2.10 bits per heavy atom. The lowest BCUT2D eigenvalue weighted by Crippen LogP contribution is -2.38. The third-order valence-corrected chi connectivity index (χ3v) is 4.63. The fourth-order valence-corrected chi connectivity index (χ4v) is 3.35. The number of aromatic amines is 1. The first-order valence-corrected chi connectivity index (χ1v) is 7.62. The molecular formula is C15H23N3O2. The van der Waals surface area contributed by atoms with E-state index in [2.05, 4.69) is 17.2 Å². The van der Waals surface area contributed by atoms with Crippen LogP contribution in [0.4, 0.5) is 0 Å². The van der Waals surface area contributed by atoms with E-state index in [4.69, 9.17) is 9.72 Å². The Balaban J connectivity index is 2.00. The Morgan fingerprint density at radius 1 is 1.35 bits per heavy atom. The van der Waals surface area contributed by atoms with Gasteiger partial charge in [-0.15, -0.1) is 0 Å². The van der Waals surface area contributed by atoms with E-state index >= 15 is 0 Å². The zero-order valence-electron chi connectivity index (χ0n) is 12.3. The van der Waals surface area contributed by atoms with Crippen LogP contribution in [0, 0.1) is 5.92 Å². The van der Waals surface area contributed by atoms with Crippen molar-refractivity contribution in [2.75, 3.05) is 6.61 Å². The molecule has 0 spiro atoms. The van der Waals surface area contributed by atoms with Crippen molar-refractivity contribution in [3.8, 4) is 0 Å². The Kier molecular flexibility index (Phi) is 3.65. The van der Waals surface area contributed by atoms with E-state index in [0.29, 0.717) is 19.7 Å². The molecule has 1 aromatic rings. The van der Waals surface area contributed by atoms with Crippen LogP contribution in [0.15, 0.2) is 4.79 Å². The summed E-state index contributed by atoms with van der Waals surface area (Å²) in [5.74, 6) is 1.46. The van der Waals surface area contributed by atoms with Crippen molar-refractivity contribution in [2.45, 2.75) is 58.2 Å². The quantitative estimate of drug-likeness (QED) is 0.884. The second kappa shape index (κ2) is 5.30. The molecule has 2 aliphatic rings. The fourth-order valence-electron chi connectivity index (χ4n) is 3.35. The molecule has 1 fully saturated rings. The topological polar surface area (TPSA) is 67.0 Å². The minimum Gasteiger partial charge on any atom is -0.367 e. The van der Waals surface area contributed by atoms with Crippen LogP contribution in [0.3, 0.4) is 0 Å². The van der Waals surface area contributed by atoms with E-state index < -0.39 is 5.60 Å². The van der Waals surface area contributed by atoms with Crippen molar-refractivity contribution >= 4 is 0 Å². The molecule has 5 nitrogen and oxygen atoms in total. The SMILES string of the molecule is CCOC1(c2nc3c(c(=O)[nH]2)CNC3)CCC(C)CC1. The predicted octanol–water partition coefficient (Wildman–Crippen LogP) is 1.81. The van der Waals surface area contributed by atoms with E-state index in [1.807, 2.05) is 6.92 Å². The maximum Gasteiger partial charge on any atom is 0.255 e. The molecule has 0 atom stereocenters. The van der Waals surface area contributed by atoms with Gasteiger partial charge in [0.25, 0.3) is 5.56 Å². The number of aromatic nitrogens is 2. The molecular weight excluding hydrogens is 254 g/mol. The zero-order valence-corrected chi connectivity index (χ0v) is 12.3. The average molecular weight is 277 g/mol. The van der Waals surface area contributed by atoms with E-state index in [9.17, 15) is 4.79 Å². The lowest BCUT2D eigenvalue weighted by atomic mass is 9.78. The number of fused-ring (bicyclic) bond motifs is 1. The summed E-state index contributed by atoms with van der Waals surface area (Å²) in [5.41, 5.74) is 1.27. The molecule has 5 heteroatoms. The summed E-state index contributed by atoms with van der Waals surface area (Å²) in [6.45, 7) is 6.24. The van der Waals surface area contributed by atoms with Crippen LogP contribution in [-0.4, -0.2) is 16.6 Å². The normalized spacial score (nSPS) is 29.4. The van der Waals surface area contributed by atoms with Crippen LogP contribution in [0.1, 0.15) is 56.6 Å². The molecule has 0 amide bonds. The van der Waals surface area contributed by atoms with Gasteiger partial charge in [0.2, 0.25) is 0 Å². The van der Waals surface area contributed by atoms with E-state index in [1.165, 1.54) is 0 Å². The van der Waals surface area contributed by atoms with Crippen molar-refractivity contribution in [1.29, 1.82) is 0 Å². The van der Waals surface area contributed by atoms with Crippen LogP contribution in [-0.2, 0) is 23.4 Å². The first-order chi connectivity index (χ1) is 9.64. The van der Waals surface area contributed by atoms with Crippen LogP contribution >= 0.6 is 0 Å². The van der Waals surface area contributed by atoms with Gasteiger partial charge in [0, 0.05) is 19.7 Å². The molecule has 1 aliphatic carbocycles. The van der Waals surface area contributed by atoms with Crippen LogP contribution in [0.25, 0.3) is 0 Å². The van der Waals surface area contributed by atoms with Crippen molar-refractivity contribution in [3.05, 3.63) is 27.4 Å². The van der Waals surface area contributed by atoms with Crippen LogP contribution in [0.5, 0.6) is 0 Å². The highest BCUT2D eigenvalue weighted by atomic mass is 16.5. The minimum absolute atomic E-state index is 0.00676. The molecule has 0 bridgehead atoms. The molecule has 1 aliphatic heterocycles. The minimum atomic E-state index is -0.391. The van der Waals surface area contributed by atoms with Crippen molar-refractivity contribution in [3.63, 3.8) is 0 Å². The van der Waals surface area contributed by atoms with Gasteiger partial charge in [-0.25, -0.2) is 4.98 Å². The summed E-state index contributed by atoms with van der Waals surface area (Å²) in [7, 11) is 0. The van der Waals surface area contributed by atoms with Crippen molar-refractivity contribution in [1.82, 2.24) is 15.3 Å². The van der Waals surface area contributed by atoms with Gasteiger partial charge in [-0.2, -0.15) is 0 Å². The highest BCUT2D eigenvalue weighted by Crippen LogP contribution is 2.41. The number of rotatable bonds is 3. The highest BCUT2D eigenvalue weighted by molar-refractivity contribution is 5.23. The molecule has 1 saturated carbocycles. The van der Waals surface area contributed by atoms with E-state index in [1.54, 1.807) is 0 Å². The van der Waals surface area contributed by atoms with E-state index in [0.717, 1.165) is 48.7 Å². The molecule has 1 aromatic heterocycles. The molecule has 0 unspecified atom stereocenters. The number of H-pyrrole nitrogens is 1. The average Bonchev–Trinajstić information content (AvgIpc) is 2.91. The number of nitrogens with one attached hydrogen (secondary N) is 2. The third kappa shape index (κ3) is 2.29. The number of hydrogen-bond acceptors (Lipinski definition) is 4.